The molecule has 0 saturated carbocycles. The van der Waals surface area contributed by atoms with Crippen molar-refractivity contribution in [1.82, 2.24) is 4.98 Å². The number of pyridine rings is 1. The second-order valence-electron chi connectivity index (χ2n) is 8.31. The van der Waals surface area contributed by atoms with Crippen molar-refractivity contribution in [2.24, 2.45) is 5.92 Å². The molecule has 27 heavy (non-hydrogen) atoms. The number of H-pyrrole nitrogens is 1. The van der Waals surface area contributed by atoms with E-state index in [0.29, 0.717) is 16.8 Å². The fourth-order valence-electron chi connectivity index (χ4n) is 4.10. The standard InChI is InChI=1S/C22H27NO4/c1-6-7-13-10-15(24)23-18-16(13)21-14(8-9-22(4,5)27-21)20-17(18)19(25)11(2)12(3)26-20/h8-12,19,25H,6-7H2,1-5H3,(H,23,24)/t11-,12-,19-/m0/s1. The Balaban J connectivity index is 2.17. The molecule has 1 aromatic carbocycles. The van der Waals surface area contributed by atoms with Crippen LogP contribution in [0.4, 0.5) is 0 Å². The van der Waals surface area contributed by atoms with E-state index in [1.165, 1.54) is 0 Å². The van der Waals surface area contributed by atoms with Crippen molar-refractivity contribution in [2.75, 3.05) is 0 Å². The molecule has 0 aliphatic carbocycles. The molecule has 2 aliphatic rings. The van der Waals surface area contributed by atoms with Crippen LogP contribution in [-0.2, 0) is 6.42 Å². The second-order valence-corrected chi connectivity index (χ2v) is 8.31. The minimum Gasteiger partial charge on any atom is -0.489 e. The summed E-state index contributed by atoms with van der Waals surface area (Å²) >= 11 is 0. The Morgan fingerprint density at radius 2 is 2.00 bits per heavy atom. The normalized spacial score (nSPS) is 25.5. The van der Waals surface area contributed by atoms with E-state index in [-0.39, 0.29) is 17.6 Å². The van der Waals surface area contributed by atoms with Gasteiger partial charge >= 0.3 is 0 Å². The summed E-state index contributed by atoms with van der Waals surface area (Å²) in [6.45, 7) is 10.0. The number of ether oxygens (including phenoxy) is 2. The van der Waals surface area contributed by atoms with Crippen LogP contribution in [0, 0.1) is 5.92 Å². The molecule has 2 N–H and O–H groups in total. The van der Waals surface area contributed by atoms with E-state index in [1.807, 2.05) is 39.8 Å². The third-order valence-corrected chi connectivity index (χ3v) is 5.73. The molecule has 3 heterocycles. The Morgan fingerprint density at radius 1 is 1.26 bits per heavy atom. The van der Waals surface area contributed by atoms with Gasteiger partial charge < -0.3 is 19.6 Å². The third kappa shape index (κ3) is 2.76. The van der Waals surface area contributed by atoms with Gasteiger partial charge in [-0.15, -0.1) is 0 Å². The molecule has 0 bridgehead atoms. The maximum absolute atomic E-state index is 12.4. The highest BCUT2D eigenvalue weighted by atomic mass is 16.5. The number of aliphatic hydroxyl groups excluding tert-OH is 1. The highest BCUT2D eigenvalue weighted by Crippen LogP contribution is 2.51. The number of nitrogens with one attached hydrogen (secondary N) is 1. The zero-order valence-corrected chi connectivity index (χ0v) is 16.6. The maximum Gasteiger partial charge on any atom is 0.248 e. The fourth-order valence-corrected chi connectivity index (χ4v) is 4.10. The lowest BCUT2D eigenvalue weighted by Crippen LogP contribution is -2.34. The molecule has 0 radical (unpaired) electrons. The molecule has 5 heteroatoms. The Morgan fingerprint density at radius 3 is 2.70 bits per heavy atom. The molecule has 0 saturated heterocycles. The van der Waals surface area contributed by atoms with Crippen LogP contribution in [0.15, 0.2) is 16.9 Å². The number of rotatable bonds is 2. The molecule has 2 aliphatic heterocycles. The molecule has 4 rings (SSSR count). The van der Waals surface area contributed by atoms with Gasteiger partial charge in [0.15, 0.2) is 0 Å². The van der Waals surface area contributed by atoms with Crippen LogP contribution in [0.3, 0.4) is 0 Å². The molecule has 5 nitrogen and oxygen atoms in total. The SMILES string of the molecule is CCCc1cc(=O)[nH]c2c3c(c4c(c12)OC(C)(C)C=C4)O[C@@H](C)[C@H](C)[C@@H]3O. The van der Waals surface area contributed by atoms with E-state index in [2.05, 4.69) is 11.9 Å². The van der Waals surface area contributed by atoms with Crippen LogP contribution < -0.4 is 15.0 Å². The predicted molar refractivity (Wildman–Crippen MR) is 107 cm³/mol. The molecule has 0 unspecified atom stereocenters. The summed E-state index contributed by atoms with van der Waals surface area (Å²) in [6.07, 6.45) is 4.85. The van der Waals surface area contributed by atoms with E-state index in [4.69, 9.17) is 9.47 Å². The third-order valence-electron chi connectivity index (χ3n) is 5.73. The number of aromatic amines is 1. The second kappa shape index (κ2) is 6.13. The van der Waals surface area contributed by atoms with E-state index in [0.717, 1.165) is 35.1 Å². The lowest BCUT2D eigenvalue weighted by Gasteiger charge is -2.38. The minimum atomic E-state index is -0.715. The number of aliphatic hydroxyl groups is 1. The number of aryl methyl sites for hydroxylation is 1. The highest BCUT2D eigenvalue weighted by Gasteiger charge is 2.38. The summed E-state index contributed by atoms with van der Waals surface area (Å²) in [5, 5.41) is 11.9. The van der Waals surface area contributed by atoms with E-state index in [9.17, 15) is 9.90 Å². The van der Waals surface area contributed by atoms with Gasteiger partial charge in [0.2, 0.25) is 5.56 Å². The molecule has 0 spiro atoms. The summed E-state index contributed by atoms with van der Waals surface area (Å²) < 4.78 is 12.6. The van der Waals surface area contributed by atoms with E-state index < -0.39 is 11.7 Å². The number of aromatic nitrogens is 1. The molecular formula is C22H27NO4. The van der Waals surface area contributed by atoms with Crippen molar-refractivity contribution in [3.8, 4) is 11.5 Å². The van der Waals surface area contributed by atoms with Crippen molar-refractivity contribution in [2.45, 2.75) is 65.3 Å². The van der Waals surface area contributed by atoms with Crippen LogP contribution in [0.25, 0.3) is 17.0 Å². The topological polar surface area (TPSA) is 71.6 Å². The molecule has 0 amide bonds. The van der Waals surface area contributed by atoms with Gasteiger partial charge in [-0.25, -0.2) is 0 Å². The zero-order chi connectivity index (χ0) is 19.5. The van der Waals surface area contributed by atoms with Crippen molar-refractivity contribution < 1.29 is 14.6 Å². The predicted octanol–water partition coefficient (Wildman–Crippen LogP) is 4.12. The Kier molecular flexibility index (Phi) is 4.11. The van der Waals surface area contributed by atoms with Gasteiger partial charge in [0.05, 0.1) is 17.2 Å². The molecule has 144 valence electrons. The molecule has 3 atom stereocenters. The zero-order valence-electron chi connectivity index (χ0n) is 16.6. The monoisotopic (exact) mass is 369 g/mol. The number of hydrogen-bond donors (Lipinski definition) is 2. The first-order chi connectivity index (χ1) is 12.7. The summed E-state index contributed by atoms with van der Waals surface area (Å²) in [4.78, 5) is 15.3. The Labute approximate surface area is 159 Å². The van der Waals surface area contributed by atoms with Crippen molar-refractivity contribution in [1.29, 1.82) is 0 Å². The van der Waals surface area contributed by atoms with Gasteiger partial charge in [0.25, 0.3) is 0 Å². The smallest absolute Gasteiger partial charge is 0.248 e. The van der Waals surface area contributed by atoms with Crippen molar-refractivity contribution in [3.63, 3.8) is 0 Å². The maximum atomic E-state index is 12.4. The van der Waals surface area contributed by atoms with E-state index in [1.54, 1.807) is 6.07 Å². The van der Waals surface area contributed by atoms with Crippen LogP contribution in [0.1, 0.15) is 63.8 Å². The van der Waals surface area contributed by atoms with Gasteiger partial charge in [-0.05, 0) is 44.9 Å². The van der Waals surface area contributed by atoms with Gasteiger partial charge in [0.1, 0.15) is 23.2 Å². The minimum absolute atomic E-state index is 0.0815. The van der Waals surface area contributed by atoms with Crippen molar-refractivity contribution in [3.05, 3.63) is 39.2 Å². The lowest BCUT2D eigenvalue weighted by molar-refractivity contribution is 0.0180. The quantitative estimate of drug-likeness (QED) is 0.835. The van der Waals surface area contributed by atoms with Crippen LogP contribution >= 0.6 is 0 Å². The molecule has 2 aromatic rings. The number of fused-ring (bicyclic) bond motifs is 6. The Hall–Kier alpha value is -2.27. The largest absolute Gasteiger partial charge is 0.489 e. The van der Waals surface area contributed by atoms with Gasteiger partial charge in [-0.3, -0.25) is 4.79 Å². The van der Waals surface area contributed by atoms with Crippen molar-refractivity contribution >= 4 is 17.0 Å². The highest BCUT2D eigenvalue weighted by molar-refractivity contribution is 5.98. The molecule has 0 fully saturated rings. The van der Waals surface area contributed by atoms with Gasteiger partial charge in [0, 0.05) is 22.9 Å². The van der Waals surface area contributed by atoms with Gasteiger partial charge in [-0.1, -0.05) is 20.3 Å². The summed E-state index contributed by atoms with van der Waals surface area (Å²) in [5.74, 6) is 1.26. The fraction of sp³-hybridized carbons (Fsp3) is 0.500. The summed E-state index contributed by atoms with van der Waals surface area (Å²) in [5.41, 5.74) is 2.46. The van der Waals surface area contributed by atoms with Gasteiger partial charge in [-0.2, -0.15) is 0 Å². The molecular weight excluding hydrogens is 342 g/mol. The average Bonchev–Trinajstić information content (AvgIpc) is 2.58. The van der Waals surface area contributed by atoms with E-state index >= 15 is 0 Å². The van der Waals surface area contributed by atoms with Crippen LogP contribution in [-0.4, -0.2) is 21.8 Å². The van der Waals surface area contributed by atoms with Crippen LogP contribution in [0.2, 0.25) is 0 Å². The molecule has 1 aromatic heterocycles. The first kappa shape index (κ1) is 18.1. The lowest BCUT2D eigenvalue weighted by atomic mass is 9.84. The first-order valence-corrected chi connectivity index (χ1v) is 9.72. The number of hydrogen-bond acceptors (Lipinski definition) is 4. The number of benzene rings is 1. The summed E-state index contributed by atoms with van der Waals surface area (Å²) in [6, 6.07) is 1.65. The Bertz CT molecular complexity index is 1000. The average molecular weight is 369 g/mol. The van der Waals surface area contributed by atoms with Crippen LogP contribution in [0.5, 0.6) is 11.5 Å². The summed E-state index contributed by atoms with van der Waals surface area (Å²) in [7, 11) is 0. The first-order valence-electron chi connectivity index (χ1n) is 9.72.